The topological polar surface area (TPSA) is 48.0 Å². The summed E-state index contributed by atoms with van der Waals surface area (Å²) in [5, 5.41) is 0. The van der Waals surface area contributed by atoms with E-state index in [4.69, 9.17) is 14.2 Å². The number of fused-ring (bicyclic) bond motifs is 3. The molecule has 0 aromatic heterocycles. The highest BCUT2D eigenvalue weighted by Crippen LogP contribution is 2.51. The third-order valence-electron chi connectivity index (χ3n) is 6.27. The van der Waals surface area contributed by atoms with Crippen LogP contribution in [0.4, 0.5) is 0 Å². The van der Waals surface area contributed by atoms with Crippen molar-refractivity contribution in [3.8, 4) is 0 Å². The van der Waals surface area contributed by atoms with Gasteiger partial charge in [-0.25, -0.2) is 0 Å². The third kappa shape index (κ3) is 3.14. The minimum absolute atomic E-state index is 0.0253. The van der Waals surface area contributed by atoms with E-state index in [2.05, 4.69) is 25.3 Å². The van der Waals surface area contributed by atoms with Crippen LogP contribution in [0.15, 0.2) is 55.6 Å². The fraction of sp³-hybridized carbons (Fsp3) is 0.500. The summed E-state index contributed by atoms with van der Waals surface area (Å²) in [6.07, 6.45) is 5.69. The Labute approximate surface area is 160 Å². The molecule has 2 bridgehead atoms. The summed E-state index contributed by atoms with van der Waals surface area (Å²) >= 11 is 0. The van der Waals surface area contributed by atoms with Gasteiger partial charge >= 0.3 is 0 Å². The van der Waals surface area contributed by atoms with Crippen molar-refractivity contribution in [2.24, 2.45) is 5.92 Å². The number of amides is 1. The molecule has 1 aromatic carbocycles. The van der Waals surface area contributed by atoms with E-state index < -0.39 is 5.79 Å². The smallest absolute Gasteiger partial charge is 0.246 e. The Morgan fingerprint density at radius 2 is 2.00 bits per heavy atom. The number of benzene rings is 1. The molecule has 1 saturated carbocycles. The predicted molar refractivity (Wildman–Crippen MR) is 102 cm³/mol. The first-order valence-electron chi connectivity index (χ1n) is 9.63. The third-order valence-corrected chi connectivity index (χ3v) is 6.27. The number of hydrogen-bond acceptors (Lipinski definition) is 4. The van der Waals surface area contributed by atoms with Gasteiger partial charge in [0, 0.05) is 5.92 Å². The zero-order valence-corrected chi connectivity index (χ0v) is 15.6. The molecule has 3 atom stereocenters. The highest BCUT2D eigenvalue weighted by atomic mass is 16.7. The number of nitrogens with zero attached hydrogens (tertiary/aromatic N) is 1. The van der Waals surface area contributed by atoms with E-state index in [9.17, 15) is 4.79 Å². The molecule has 5 heteroatoms. The lowest BCUT2D eigenvalue weighted by atomic mass is 9.66. The van der Waals surface area contributed by atoms with Crippen LogP contribution in [-0.2, 0) is 25.6 Å². The van der Waals surface area contributed by atoms with E-state index in [0.717, 1.165) is 24.8 Å². The number of rotatable bonds is 5. The Hall–Kier alpha value is -1.95. The quantitative estimate of drug-likeness (QED) is 0.591. The summed E-state index contributed by atoms with van der Waals surface area (Å²) in [6, 6.07) is 10.2. The van der Waals surface area contributed by atoms with E-state index in [1.165, 1.54) is 6.08 Å². The lowest BCUT2D eigenvalue weighted by Gasteiger charge is -2.58. The number of ether oxygens (including phenoxy) is 3. The van der Waals surface area contributed by atoms with Crippen LogP contribution in [0.3, 0.4) is 0 Å². The van der Waals surface area contributed by atoms with Crippen molar-refractivity contribution in [1.29, 1.82) is 0 Å². The fourth-order valence-corrected chi connectivity index (χ4v) is 4.84. The van der Waals surface area contributed by atoms with Crippen molar-refractivity contribution < 1.29 is 19.0 Å². The van der Waals surface area contributed by atoms with Gasteiger partial charge in [-0.3, -0.25) is 4.79 Å². The molecule has 1 aromatic rings. The van der Waals surface area contributed by atoms with Crippen LogP contribution in [0, 0.1) is 5.92 Å². The van der Waals surface area contributed by atoms with Crippen LogP contribution in [0.5, 0.6) is 0 Å². The summed E-state index contributed by atoms with van der Waals surface area (Å²) in [4.78, 5) is 14.4. The standard InChI is InChI=1S/C22H27NO4/c1-3-20(24)23-16-22(26-12-13-27-22)18-14-21(23,4-2)11-10-19(18)25-15-17-8-6-5-7-9-17/h3-9,18-19H,1-2,10-16H2/t18-,19+,21-/m0/s1. The molecular formula is C22H27NO4. The molecule has 5 nitrogen and oxygen atoms in total. The van der Waals surface area contributed by atoms with Gasteiger partial charge in [0.05, 0.1) is 38.0 Å². The van der Waals surface area contributed by atoms with Crippen LogP contribution in [0.2, 0.25) is 0 Å². The number of carbonyl (C=O) groups excluding carboxylic acids is 1. The maximum absolute atomic E-state index is 12.6. The molecule has 3 aliphatic rings. The van der Waals surface area contributed by atoms with Crippen LogP contribution in [0.1, 0.15) is 24.8 Å². The summed E-state index contributed by atoms with van der Waals surface area (Å²) < 4.78 is 18.5. The molecule has 2 aliphatic heterocycles. The molecule has 0 radical (unpaired) electrons. The van der Waals surface area contributed by atoms with Crippen molar-refractivity contribution in [3.63, 3.8) is 0 Å². The van der Waals surface area contributed by atoms with Crippen molar-refractivity contribution in [1.82, 2.24) is 4.90 Å². The van der Waals surface area contributed by atoms with Gasteiger partial charge in [0.2, 0.25) is 5.91 Å². The Bertz CT molecular complexity index is 712. The maximum Gasteiger partial charge on any atom is 0.246 e. The van der Waals surface area contributed by atoms with Gasteiger partial charge in [-0.1, -0.05) is 43.0 Å². The number of carbonyl (C=O) groups is 1. The molecule has 27 heavy (non-hydrogen) atoms. The fourth-order valence-electron chi connectivity index (χ4n) is 4.84. The lowest BCUT2D eigenvalue weighted by molar-refractivity contribution is -0.273. The number of likely N-dealkylation sites (tertiary alicyclic amines) is 1. The van der Waals surface area contributed by atoms with Crippen LogP contribution >= 0.6 is 0 Å². The molecule has 1 aliphatic carbocycles. The van der Waals surface area contributed by atoms with Crippen LogP contribution < -0.4 is 0 Å². The molecule has 2 saturated heterocycles. The van der Waals surface area contributed by atoms with Gasteiger partial charge in [0.25, 0.3) is 0 Å². The van der Waals surface area contributed by atoms with Crippen molar-refractivity contribution in [2.45, 2.75) is 43.3 Å². The molecule has 4 rings (SSSR count). The average Bonchev–Trinajstić information content (AvgIpc) is 3.19. The first kappa shape index (κ1) is 18.4. The van der Waals surface area contributed by atoms with Gasteiger partial charge in [0.1, 0.15) is 0 Å². The molecule has 144 valence electrons. The second-order valence-electron chi connectivity index (χ2n) is 7.63. The van der Waals surface area contributed by atoms with E-state index in [1.807, 2.05) is 29.2 Å². The van der Waals surface area contributed by atoms with Crippen molar-refractivity contribution >= 4 is 5.91 Å². The molecule has 0 unspecified atom stereocenters. The van der Waals surface area contributed by atoms with Crippen molar-refractivity contribution in [3.05, 3.63) is 61.2 Å². The normalized spacial score (nSPS) is 31.6. The minimum Gasteiger partial charge on any atom is -0.373 e. The minimum atomic E-state index is -0.799. The first-order chi connectivity index (χ1) is 13.1. The van der Waals surface area contributed by atoms with Crippen LogP contribution in [0.25, 0.3) is 0 Å². The molecule has 1 amide bonds. The van der Waals surface area contributed by atoms with E-state index in [0.29, 0.717) is 26.4 Å². The SMILES string of the molecule is C=CC(=O)N1CC2(OCCO2)[C@H]2C[C@]1(C=C)CC[C@H]2OCc1ccccc1. The Balaban J connectivity index is 1.59. The van der Waals surface area contributed by atoms with Crippen LogP contribution in [-0.4, -0.2) is 48.0 Å². The Kier molecular flexibility index (Phi) is 4.93. The van der Waals surface area contributed by atoms with Gasteiger partial charge in [-0.15, -0.1) is 6.58 Å². The summed E-state index contributed by atoms with van der Waals surface area (Å²) in [5.41, 5.74) is 0.767. The second-order valence-corrected chi connectivity index (χ2v) is 7.63. The van der Waals surface area contributed by atoms with E-state index >= 15 is 0 Å². The summed E-state index contributed by atoms with van der Waals surface area (Å²) in [7, 11) is 0. The highest BCUT2D eigenvalue weighted by molar-refractivity contribution is 5.88. The van der Waals surface area contributed by atoms with Crippen molar-refractivity contribution in [2.75, 3.05) is 19.8 Å². The first-order valence-corrected chi connectivity index (χ1v) is 9.63. The molecular weight excluding hydrogens is 342 g/mol. The molecule has 0 N–H and O–H groups in total. The second kappa shape index (κ2) is 7.23. The van der Waals surface area contributed by atoms with Gasteiger partial charge in [0.15, 0.2) is 5.79 Å². The zero-order chi connectivity index (χ0) is 18.9. The molecule has 1 spiro atoms. The summed E-state index contributed by atoms with van der Waals surface area (Å²) in [6.45, 7) is 9.75. The predicted octanol–water partition coefficient (Wildman–Crippen LogP) is 3.07. The molecule has 2 heterocycles. The lowest BCUT2D eigenvalue weighted by Crippen LogP contribution is -2.69. The van der Waals surface area contributed by atoms with E-state index in [-0.39, 0.29) is 23.5 Å². The van der Waals surface area contributed by atoms with E-state index in [1.54, 1.807) is 0 Å². The highest BCUT2D eigenvalue weighted by Gasteiger charge is 2.61. The maximum atomic E-state index is 12.6. The largest absolute Gasteiger partial charge is 0.373 e. The van der Waals surface area contributed by atoms with Gasteiger partial charge in [-0.05, 0) is 30.9 Å². The van der Waals surface area contributed by atoms with Gasteiger partial charge in [-0.2, -0.15) is 0 Å². The van der Waals surface area contributed by atoms with Gasteiger partial charge < -0.3 is 19.1 Å². The molecule has 3 fully saturated rings. The Morgan fingerprint density at radius 3 is 2.67 bits per heavy atom. The monoisotopic (exact) mass is 369 g/mol. The summed E-state index contributed by atoms with van der Waals surface area (Å²) in [5.74, 6) is -0.841. The average molecular weight is 369 g/mol. The zero-order valence-electron chi connectivity index (χ0n) is 15.6. The Morgan fingerprint density at radius 1 is 1.26 bits per heavy atom. The number of piperidine rings is 1. The number of hydrogen-bond donors (Lipinski definition) is 0.